The molecule has 0 radical (unpaired) electrons. The number of pyridine rings is 1. The van der Waals surface area contributed by atoms with E-state index in [9.17, 15) is 9.59 Å². The third kappa shape index (κ3) is 3.32. The summed E-state index contributed by atoms with van der Waals surface area (Å²) < 4.78 is 1.52. The number of nitrogens with zero attached hydrogens (tertiary/aromatic N) is 3. The van der Waals surface area contributed by atoms with Crippen LogP contribution in [-0.2, 0) is 4.79 Å². The summed E-state index contributed by atoms with van der Waals surface area (Å²) in [6.07, 6.45) is 0. The summed E-state index contributed by atoms with van der Waals surface area (Å²) in [6.45, 7) is 7.65. The molecule has 0 spiro atoms. The van der Waals surface area contributed by atoms with Crippen LogP contribution < -0.4 is 10.9 Å². The third-order valence-electron chi connectivity index (χ3n) is 4.10. The maximum Gasteiger partial charge on any atom is 0.252 e. The quantitative estimate of drug-likeness (QED) is 0.776. The number of carbonyl (C=O) groups excluding carboxylic acids is 1. The van der Waals surface area contributed by atoms with Crippen molar-refractivity contribution >= 4 is 33.3 Å². The zero-order valence-corrected chi connectivity index (χ0v) is 15.4. The largest absolute Gasteiger partial charge is 0.299 e. The highest BCUT2D eigenvalue weighted by Gasteiger charge is 2.20. The molecule has 130 valence electrons. The first-order valence-electron chi connectivity index (χ1n) is 8.13. The Morgan fingerprint density at radius 3 is 2.60 bits per heavy atom. The van der Waals surface area contributed by atoms with Crippen LogP contribution in [0.15, 0.2) is 35.1 Å². The number of aryl methyl sites for hydroxylation is 1. The molecule has 1 amide bonds. The molecule has 2 heterocycles. The van der Waals surface area contributed by atoms with E-state index >= 15 is 0 Å². The van der Waals surface area contributed by atoms with Gasteiger partial charge in [0.25, 0.3) is 5.56 Å². The Labute approximate surface area is 149 Å². The van der Waals surface area contributed by atoms with Gasteiger partial charge in [-0.3, -0.25) is 19.5 Å². The fraction of sp³-hybridized carbons (Fsp3) is 0.333. The molecule has 1 atom stereocenters. The number of fused-ring (bicyclic) bond motifs is 1. The highest BCUT2D eigenvalue weighted by atomic mass is 32.1. The minimum absolute atomic E-state index is 0.195. The molecule has 0 saturated carbocycles. The Balaban J connectivity index is 1.95. The molecule has 7 heteroatoms. The normalized spacial score (nSPS) is 12.5. The van der Waals surface area contributed by atoms with Crippen LogP contribution in [0.5, 0.6) is 0 Å². The number of rotatable bonds is 4. The van der Waals surface area contributed by atoms with Gasteiger partial charge in [0.05, 0.1) is 5.52 Å². The summed E-state index contributed by atoms with van der Waals surface area (Å²) in [6, 6.07) is 8.49. The monoisotopic (exact) mass is 356 g/mol. The van der Waals surface area contributed by atoms with E-state index in [0.717, 1.165) is 21.5 Å². The third-order valence-corrected chi connectivity index (χ3v) is 5.24. The van der Waals surface area contributed by atoms with Crippen molar-refractivity contribution in [3.8, 4) is 0 Å². The van der Waals surface area contributed by atoms with Crippen molar-refractivity contribution in [2.45, 2.75) is 39.7 Å². The van der Waals surface area contributed by atoms with Crippen LogP contribution in [0.1, 0.15) is 43.3 Å². The summed E-state index contributed by atoms with van der Waals surface area (Å²) in [5.41, 5.74) is 1.45. The second-order valence-electron chi connectivity index (χ2n) is 6.32. The number of hydrogen-bond acceptors (Lipinski definition) is 5. The van der Waals surface area contributed by atoms with Gasteiger partial charge >= 0.3 is 0 Å². The zero-order chi connectivity index (χ0) is 18.1. The van der Waals surface area contributed by atoms with Gasteiger partial charge in [0.15, 0.2) is 0 Å². The predicted octanol–water partition coefficient (Wildman–Crippen LogP) is 3.48. The Morgan fingerprint density at radius 1 is 1.20 bits per heavy atom. The number of anilines is 1. The summed E-state index contributed by atoms with van der Waals surface area (Å²) in [7, 11) is 0. The lowest BCUT2D eigenvalue weighted by atomic mass is 10.1. The van der Waals surface area contributed by atoms with Gasteiger partial charge in [0.1, 0.15) is 11.0 Å². The molecule has 1 N–H and O–H groups in total. The van der Waals surface area contributed by atoms with E-state index in [4.69, 9.17) is 0 Å². The van der Waals surface area contributed by atoms with Crippen LogP contribution in [0, 0.1) is 6.92 Å². The predicted molar refractivity (Wildman–Crippen MR) is 100 cm³/mol. The molecule has 3 aromatic rings. The fourth-order valence-electron chi connectivity index (χ4n) is 2.71. The van der Waals surface area contributed by atoms with Crippen LogP contribution in [0.2, 0.25) is 0 Å². The van der Waals surface area contributed by atoms with E-state index in [0.29, 0.717) is 5.13 Å². The molecule has 0 saturated heterocycles. The van der Waals surface area contributed by atoms with E-state index < -0.39 is 6.04 Å². The first-order valence-corrected chi connectivity index (χ1v) is 8.95. The number of carbonyl (C=O) groups is 1. The summed E-state index contributed by atoms with van der Waals surface area (Å²) in [4.78, 5) is 25.1. The van der Waals surface area contributed by atoms with Gasteiger partial charge in [0, 0.05) is 17.4 Å². The van der Waals surface area contributed by atoms with Crippen LogP contribution in [0.4, 0.5) is 5.13 Å². The molecule has 2 aromatic heterocycles. The molecule has 3 rings (SSSR count). The summed E-state index contributed by atoms with van der Waals surface area (Å²) >= 11 is 1.35. The molecule has 25 heavy (non-hydrogen) atoms. The SMILES string of the molecule is Cc1cc(=O)n(C(C)C(=O)Nc2nnc(C(C)C)s2)c2ccccc12. The molecular weight excluding hydrogens is 336 g/mol. The Bertz CT molecular complexity index is 990. The van der Waals surface area contributed by atoms with E-state index in [1.54, 1.807) is 13.0 Å². The first-order chi connectivity index (χ1) is 11.9. The molecule has 0 aliphatic heterocycles. The van der Waals surface area contributed by atoms with E-state index in [1.807, 2.05) is 45.0 Å². The van der Waals surface area contributed by atoms with Crippen LogP contribution >= 0.6 is 11.3 Å². The van der Waals surface area contributed by atoms with Crippen LogP contribution in [0.3, 0.4) is 0 Å². The number of benzene rings is 1. The van der Waals surface area contributed by atoms with Gasteiger partial charge < -0.3 is 0 Å². The second kappa shape index (κ2) is 6.76. The van der Waals surface area contributed by atoms with Crippen molar-refractivity contribution in [3.05, 3.63) is 51.3 Å². The van der Waals surface area contributed by atoms with Gasteiger partial charge in [-0.05, 0) is 25.5 Å². The van der Waals surface area contributed by atoms with Crippen molar-refractivity contribution < 1.29 is 4.79 Å². The standard InChI is InChI=1S/C18H20N4O2S/c1-10(2)17-20-21-18(25-17)19-16(24)12(4)22-14-8-6-5-7-13(14)11(3)9-15(22)23/h5-10,12H,1-4H3,(H,19,21,24). The molecule has 6 nitrogen and oxygen atoms in total. The number of hydrogen-bond donors (Lipinski definition) is 1. The average molecular weight is 356 g/mol. The molecule has 0 fully saturated rings. The molecular formula is C18H20N4O2S. The highest BCUT2D eigenvalue weighted by molar-refractivity contribution is 7.15. The lowest BCUT2D eigenvalue weighted by Gasteiger charge is -2.17. The van der Waals surface area contributed by atoms with E-state index in [2.05, 4.69) is 15.5 Å². The minimum atomic E-state index is -0.663. The smallest absolute Gasteiger partial charge is 0.252 e. The lowest BCUT2D eigenvalue weighted by Crippen LogP contribution is -2.31. The number of para-hydroxylation sites is 1. The Hall–Kier alpha value is -2.54. The van der Waals surface area contributed by atoms with Crippen molar-refractivity contribution in [2.24, 2.45) is 0 Å². The van der Waals surface area contributed by atoms with Crippen LogP contribution in [0.25, 0.3) is 10.9 Å². The number of amides is 1. The van der Waals surface area contributed by atoms with Gasteiger partial charge in [0.2, 0.25) is 11.0 Å². The molecule has 0 bridgehead atoms. The van der Waals surface area contributed by atoms with E-state index in [-0.39, 0.29) is 17.4 Å². The van der Waals surface area contributed by atoms with E-state index in [1.165, 1.54) is 15.9 Å². The maximum atomic E-state index is 12.6. The maximum absolute atomic E-state index is 12.6. The van der Waals surface area contributed by atoms with Gasteiger partial charge in [-0.25, -0.2) is 0 Å². The topological polar surface area (TPSA) is 76.9 Å². The van der Waals surface area contributed by atoms with Crippen molar-refractivity contribution in [2.75, 3.05) is 5.32 Å². The Kier molecular flexibility index (Phi) is 4.67. The average Bonchev–Trinajstić information content (AvgIpc) is 3.03. The number of nitrogens with one attached hydrogen (secondary N) is 1. The molecule has 0 aliphatic carbocycles. The molecule has 0 aliphatic rings. The van der Waals surface area contributed by atoms with Gasteiger partial charge in [-0.2, -0.15) is 0 Å². The minimum Gasteiger partial charge on any atom is -0.299 e. The molecule has 1 aromatic carbocycles. The first kappa shape index (κ1) is 17.3. The fourth-order valence-corrected chi connectivity index (χ4v) is 3.46. The summed E-state index contributed by atoms with van der Waals surface area (Å²) in [5.74, 6) is -0.0354. The van der Waals surface area contributed by atoms with Crippen molar-refractivity contribution in [1.29, 1.82) is 0 Å². The number of aromatic nitrogens is 3. The molecule has 1 unspecified atom stereocenters. The van der Waals surface area contributed by atoms with Gasteiger partial charge in [-0.15, -0.1) is 10.2 Å². The van der Waals surface area contributed by atoms with Gasteiger partial charge in [-0.1, -0.05) is 43.4 Å². The Morgan fingerprint density at radius 2 is 1.92 bits per heavy atom. The second-order valence-corrected chi connectivity index (χ2v) is 7.33. The highest BCUT2D eigenvalue weighted by Crippen LogP contribution is 2.24. The lowest BCUT2D eigenvalue weighted by molar-refractivity contribution is -0.118. The van der Waals surface area contributed by atoms with Crippen molar-refractivity contribution in [3.63, 3.8) is 0 Å². The summed E-state index contributed by atoms with van der Waals surface area (Å²) in [5, 5.41) is 13.1. The van der Waals surface area contributed by atoms with Crippen LogP contribution in [-0.4, -0.2) is 20.7 Å². The van der Waals surface area contributed by atoms with Crippen molar-refractivity contribution in [1.82, 2.24) is 14.8 Å². The zero-order valence-electron chi connectivity index (χ0n) is 14.6.